The molecule has 1 saturated heterocycles. The minimum atomic E-state index is 0.203. The van der Waals surface area contributed by atoms with Crippen molar-refractivity contribution in [2.75, 3.05) is 31.1 Å². The maximum absolute atomic E-state index is 12.3. The lowest BCUT2D eigenvalue weighted by Crippen LogP contribution is -2.49. The van der Waals surface area contributed by atoms with Crippen LogP contribution in [0, 0.1) is 0 Å². The molecule has 0 bridgehead atoms. The summed E-state index contributed by atoms with van der Waals surface area (Å²) in [7, 11) is 0. The normalized spacial score (nSPS) is 15.3. The molecular weight excluding hydrogens is 310 g/mol. The van der Waals surface area contributed by atoms with E-state index in [0.29, 0.717) is 6.42 Å². The number of hydrogen-bond acceptors (Lipinski definition) is 5. The van der Waals surface area contributed by atoms with Gasteiger partial charge >= 0.3 is 0 Å². The fraction of sp³-hybridized carbons (Fsp3) is 0.312. The van der Waals surface area contributed by atoms with Crippen LogP contribution in [0.1, 0.15) is 5.56 Å². The first-order valence-corrected chi connectivity index (χ1v) is 8.59. The fourth-order valence-electron chi connectivity index (χ4n) is 2.88. The molecule has 4 heterocycles. The predicted molar refractivity (Wildman–Crippen MR) is 89.8 cm³/mol. The van der Waals surface area contributed by atoms with Crippen LogP contribution >= 0.6 is 11.3 Å². The molecule has 3 aromatic heterocycles. The lowest BCUT2D eigenvalue weighted by Gasteiger charge is -2.34. The average Bonchev–Trinajstić information content (AvgIpc) is 3.24. The van der Waals surface area contributed by atoms with Crippen molar-refractivity contribution >= 4 is 28.8 Å². The van der Waals surface area contributed by atoms with Crippen LogP contribution in [0.2, 0.25) is 0 Å². The van der Waals surface area contributed by atoms with Gasteiger partial charge in [0.25, 0.3) is 0 Å². The number of thiophene rings is 1. The van der Waals surface area contributed by atoms with E-state index in [4.69, 9.17) is 0 Å². The zero-order chi connectivity index (χ0) is 15.6. The number of piperazine rings is 1. The molecule has 0 spiro atoms. The summed E-state index contributed by atoms with van der Waals surface area (Å²) in [5.41, 5.74) is 1.95. The van der Waals surface area contributed by atoms with Crippen LogP contribution in [-0.2, 0) is 11.2 Å². The Morgan fingerprint density at radius 1 is 1.13 bits per heavy atom. The van der Waals surface area contributed by atoms with Gasteiger partial charge in [0.05, 0.1) is 6.42 Å². The lowest BCUT2D eigenvalue weighted by molar-refractivity contribution is -0.130. The highest BCUT2D eigenvalue weighted by molar-refractivity contribution is 7.08. The summed E-state index contributed by atoms with van der Waals surface area (Å²) in [6.45, 7) is 3.02. The Morgan fingerprint density at radius 2 is 2.00 bits per heavy atom. The smallest absolute Gasteiger partial charge is 0.231 e. The summed E-state index contributed by atoms with van der Waals surface area (Å²) in [5.74, 6) is 1.06. The quantitative estimate of drug-likeness (QED) is 0.734. The second-order valence-corrected chi connectivity index (χ2v) is 6.39. The Morgan fingerprint density at radius 3 is 2.78 bits per heavy atom. The van der Waals surface area contributed by atoms with E-state index in [9.17, 15) is 4.79 Å². The minimum Gasteiger partial charge on any atom is -0.339 e. The van der Waals surface area contributed by atoms with Crippen LogP contribution in [-0.4, -0.2) is 51.6 Å². The molecule has 23 heavy (non-hydrogen) atoms. The lowest BCUT2D eigenvalue weighted by atomic mass is 10.2. The Bertz CT molecular complexity index is 805. The molecule has 1 aliphatic heterocycles. The number of anilines is 1. The first-order valence-electron chi connectivity index (χ1n) is 7.65. The number of nitrogens with zero attached hydrogens (tertiary/aromatic N) is 5. The third-order valence-electron chi connectivity index (χ3n) is 4.15. The van der Waals surface area contributed by atoms with Crippen molar-refractivity contribution in [1.29, 1.82) is 0 Å². The standard InChI is InChI=1S/C16H17N5OS/c22-15(11-13-4-10-23-12-13)19-6-8-20(9-7-19)16-18-17-14-3-1-2-5-21(14)16/h1-5,10,12H,6-9,11H2. The van der Waals surface area contributed by atoms with Crippen LogP contribution < -0.4 is 4.90 Å². The highest BCUT2D eigenvalue weighted by atomic mass is 32.1. The zero-order valence-corrected chi connectivity index (χ0v) is 13.4. The van der Waals surface area contributed by atoms with Crippen molar-refractivity contribution in [3.8, 4) is 0 Å². The molecule has 0 saturated carbocycles. The Kier molecular flexibility index (Phi) is 3.70. The van der Waals surface area contributed by atoms with Crippen LogP contribution in [0.5, 0.6) is 0 Å². The van der Waals surface area contributed by atoms with Gasteiger partial charge in [-0.2, -0.15) is 11.3 Å². The minimum absolute atomic E-state index is 0.203. The van der Waals surface area contributed by atoms with E-state index in [2.05, 4.69) is 15.1 Å². The molecule has 1 aliphatic rings. The molecule has 1 fully saturated rings. The SMILES string of the molecule is O=C(Cc1ccsc1)N1CCN(c2nnc3ccccn23)CC1. The second-order valence-electron chi connectivity index (χ2n) is 5.61. The second kappa shape index (κ2) is 6.00. The third-order valence-corrected chi connectivity index (χ3v) is 4.88. The molecule has 4 rings (SSSR count). The van der Waals surface area contributed by atoms with Gasteiger partial charge in [0.2, 0.25) is 11.9 Å². The summed E-state index contributed by atoms with van der Waals surface area (Å²) in [6.07, 6.45) is 2.47. The summed E-state index contributed by atoms with van der Waals surface area (Å²) in [4.78, 5) is 16.5. The number of carbonyl (C=O) groups excluding carboxylic acids is 1. The van der Waals surface area contributed by atoms with Gasteiger partial charge < -0.3 is 9.80 Å². The van der Waals surface area contributed by atoms with Gasteiger partial charge in [-0.25, -0.2) is 0 Å². The first-order chi connectivity index (χ1) is 11.3. The monoisotopic (exact) mass is 327 g/mol. The van der Waals surface area contributed by atoms with Crippen molar-refractivity contribution in [2.45, 2.75) is 6.42 Å². The van der Waals surface area contributed by atoms with Crippen molar-refractivity contribution in [1.82, 2.24) is 19.5 Å². The van der Waals surface area contributed by atoms with Crippen molar-refractivity contribution in [3.63, 3.8) is 0 Å². The molecule has 3 aromatic rings. The van der Waals surface area contributed by atoms with Gasteiger partial charge in [0.15, 0.2) is 5.65 Å². The summed E-state index contributed by atoms with van der Waals surface area (Å²) in [6, 6.07) is 7.88. The van der Waals surface area contributed by atoms with E-state index >= 15 is 0 Å². The molecule has 1 amide bonds. The molecule has 0 N–H and O–H groups in total. The highest BCUT2D eigenvalue weighted by Gasteiger charge is 2.23. The Labute approximate surface area is 138 Å². The number of hydrogen-bond donors (Lipinski definition) is 0. The van der Waals surface area contributed by atoms with Gasteiger partial charge in [-0.1, -0.05) is 6.07 Å². The predicted octanol–water partition coefficient (Wildman–Crippen LogP) is 1.68. The number of amides is 1. The molecule has 6 nitrogen and oxygen atoms in total. The topological polar surface area (TPSA) is 53.7 Å². The molecule has 118 valence electrons. The number of pyridine rings is 1. The third kappa shape index (κ3) is 2.79. The van der Waals surface area contributed by atoms with E-state index in [1.807, 2.05) is 50.5 Å². The first kappa shape index (κ1) is 14.2. The van der Waals surface area contributed by atoms with E-state index in [1.54, 1.807) is 11.3 Å². The average molecular weight is 327 g/mol. The van der Waals surface area contributed by atoms with Gasteiger partial charge in [-0.05, 0) is 34.5 Å². The molecular formula is C16H17N5OS. The summed E-state index contributed by atoms with van der Waals surface area (Å²) >= 11 is 1.63. The number of carbonyl (C=O) groups is 1. The van der Waals surface area contributed by atoms with E-state index in [1.165, 1.54) is 0 Å². The zero-order valence-electron chi connectivity index (χ0n) is 12.6. The Balaban J connectivity index is 1.42. The Hall–Kier alpha value is -2.41. The summed E-state index contributed by atoms with van der Waals surface area (Å²) in [5, 5.41) is 12.5. The number of rotatable bonds is 3. The van der Waals surface area contributed by atoms with Crippen LogP contribution in [0.15, 0.2) is 41.2 Å². The van der Waals surface area contributed by atoms with E-state index < -0.39 is 0 Å². The fourth-order valence-corrected chi connectivity index (χ4v) is 3.55. The maximum Gasteiger partial charge on any atom is 0.231 e. The highest BCUT2D eigenvalue weighted by Crippen LogP contribution is 2.16. The molecule has 0 unspecified atom stereocenters. The molecule has 0 radical (unpaired) electrons. The molecule has 0 atom stereocenters. The largest absolute Gasteiger partial charge is 0.339 e. The van der Waals surface area contributed by atoms with E-state index in [0.717, 1.165) is 43.3 Å². The van der Waals surface area contributed by atoms with Crippen molar-refractivity contribution in [2.24, 2.45) is 0 Å². The number of fused-ring (bicyclic) bond motifs is 1. The molecule has 0 aliphatic carbocycles. The molecule has 7 heteroatoms. The van der Waals surface area contributed by atoms with Gasteiger partial charge in [0.1, 0.15) is 0 Å². The van der Waals surface area contributed by atoms with Crippen molar-refractivity contribution in [3.05, 3.63) is 46.8 Å². The van der Waals surface area contributed by atoms with Gasteiger partial charge in [-0.15, -0.1) is 10.2 Å². The van der Waals surface area contributed by atoms with E-state index in [-0.39, 0.29) is 5.91 Å². The maximum atomic E-state index is 12.3. The number of aromatic nitrogens is 3. The van der Waals surface area contributed by atoms with Crippen LogP contribution in [0.4, 0.5) is 5.95 Å². The van der Waals surface area contributed by atoms with Crippen molar-refractivity contribution < 1.29 is 4.79 Å². The van der Waals surface area contributed by atoms with Gasteiger partial charge in [0, 0.05) is 32.4 Å². The van der Waals surface area contributed by atoms with Gasteiger partial charge in [-0.3, -0.25) is 9.20 Å². The summed E-state index contributed by atoms with van der Waals surface area (Å²) < 4.78 is 1.99. The van der Waals surface area contributed by atoms with Crippen LogP contribution in [0.3, 0.4) is 0 Å². The molecule has 0 aromatic carbocycles. The van der Waals surface area contributed by atoms with Crippen LogP contribution in [0.25, 0.3) is 5.65 Å².